The molecule has 0 saturated heterocycles. The minimum atomic E-state index is -0.945. The van der Waals surface area contributed by atoms with E-state index in [2.05, 4.69) is 17.0 Å². The van der Waals surface area contributed by atoms with E-state index in [-0.39, 0.29) is 11.7 Å². The van der Waals surface area contributed by atoms with Crippen LogP contribution in [0.15, 0.2) is 48.5 Å². The third kappa shape index (κ3) is 3.32. The molecule has 0 heterocycles. The Kier molecular flexibility index (Phi) is 4.91. The van der Waals surface area contributed by atoms with Gasteiger partial charge in [0.25, 0.3) is 0 Å². The minimum absolute atomic E-state index is 0.106. The van der Waals surface area contributed by atoms with E-state index in [1.807, 2.05) is 32.3 Å². The summed E-state index contributed by atoms with van der Waals surface area (Å²) >= 11 is 0. The van der Waals surface area contributed by atoms with Crippen LogP contribution in [0.5, 0.6) is 0 Å². The van der Waals surface area contributed by atoms with Gasteiger partial charge in [-0.15, -0.1) is 0 Å². The van der Waals surface area contributed by atoms with Gasteiger partial charge in [-0.1, -0.05) is 43.2 Å². The average Bonchev–Trinajstić information content (AvgIpc) is 2.57. The van der Waals surface area contributed by atoms with E-state index in [0.29, 0.717) is 6.42 Å². The van der Waals surface area contributed by atoms with Crippen molar-refractivity contribution in [2.24, 2.45) is 5.92 Å². The van der Waals surface area contributed by atoms with Crippen molar-refractivity contribution in [3.8, 4) is 0 Å². The summed E-state index contributed by atoms with van der Waals surface area (Å²) in [5.41, 5.74) is 2.20. The number of rotatable bonds is 4. The highest BCUT2D eigenvalue weighted by Gasteiger charge is 2.40. The fourth-order valence-electron chi connectivity index (χ4n) is 4.02. The molecule has 0 radical (unpaired) electrons. The Labute approximate surface area is 143 Å². The topological polar surface area (TPSA) is 23.5 Å². The fourth-order valence-corrected chi connectivity index (χ4v) is 4.02. The highest BCUT2D eigenvalue weighted by atomic mass is 19.1. The lowest BCUT2D eigenvalue weighted by Crippen LogP contribution is -2.39. The molecule has 2 unspecified atom stereocenters. The first-order valence-electron chi connectivity index (χ1n) is 8.74. The highest BCUT2D eigenvalue weighted by molar-refractivity contribution is 5.52. The lowest BCUT2D eigenvalue weighted by atomic mass is 9.69. The zero-order valence-corrected chi connectivity index (χ0v) is 14.5. The molecule has 1 fully saturated rings. The normalized spacial score (nSPS) is 23.9. The molecule has 2 aromatic carbocycles. The predicted molar refractivity (Wildman–Crippen MR) is 96.7 cm³/mol. The molecule has 0 amide bonds. The fraction of sp³-hybridized carbons (Fsp3) is 0.429. The molecule has 128 valence electrons. The first-order valence-corrected chi connectivity index (χ1v) is 8.74. The average molecular weight is 327 g/mol. The van der Waals surface area contributed by atoms with Gasteiger partial charge in [0.1, 0.15) is 5.82 Å². The molecule has 1 N–H and O–H groups in total. The number of benzene rings is 2. The lowest BCUT2D eigenvalue weighted by molar-refractivity contribution is -0.0544. The Balaban J connectivity index is 1.93. The van der Waals surface area contributed by atoms with Crippen molar-refractivity contribution in [1.29, 1.82) is 0 Å². The molecule has 24 heavy (non-hydrogen) atoms. The second-order valence-electron chi connectivity index (χ2n) is 7.10. The summed E-state index contributed by atoms with van der Waals surface area (Å²) < 4.78 is 13.7. The van der Waals surface area contributed by atoms with Crippen molar-refractivity contribution in [3.63, 3.8) is 0 Å². The lowest BCUT2D eigenvalue weighted by Gasteiger charge is -2.41. The molecule has 0 bridgehead atoms. The number of hydrogen-bond acceptors (Lipinski definition) is 2. The van der Waals surface area contributed by atoms with Gasteiger partial charge >= 0.3 is 0 Å². The van der Waals surface area contributed by atoms with Crippen LogP contribution in [-0.2, 0) is 12.0 Å². The zero-order valence-electron chi connectivity index (χ0n) is 14.5. The van der Waals surface area contributed by atoms with Gasteiger partial charge in [-0.05, 0) is 54.5 Å². The third-order valence-corrected chi connectivity index (χ3v) is 5.30. The summed E-state index contributed by atoms with van der Waals surface area (Å²) in [5, 5.41) is 11.4. The quantitative estimate of drug-likeness (QED) is 0.893. The first kappa shape index (κ1) is 17.0. The number of para-hydroxylation sites is 1. The van der Waals surface area contributed by atoms with Crippen LogP contribution in [0.1, 0.15) is 36.8 Å². The second-order valence-corrected chi connectivity index (χ2v) is 7.10. The zero-order chi connectivity index (χ0) is 17.2. The van der Waals surface area contributed by atoms with Crippen LogP contribution >= 0.6 is 0 Å². The summed E-state index contributed by atoms with van der Waals surface area (Å²) in [7, 11) is 4.08. The molecule has 2 nitrogen and oxygen atoms in total. The molecule has 2 atom stereocenters. The van der Waals surface area contributed by atoms with Gasteiger partial charge in [0.05, 0.1) is 5.60 Å². The molecule has 3 heteroatoms. The maximum atomic E-state index is 13.7. The van der Waals surface area contributed by atoms with Crippen molar-refractivity contribution >= 4 is 5.69 Å². The van der Waals surface area contributed by atoms with Crippen molar-refractivity contribution in [3.05, 3.63) is 65.5 Å². The Morgan fingerprint density at radius 2 is 1.92 bits per heavy atom. The van der Waals surface area contributed by atoms with Crippen LogP contribution in [0.4, 0.5) is 10.1 Å². The van der Waals surface area contributed by atoms with Crippen LogP contribution in [-0.4, -0.2) is 19.2 Å². The number of anilines is 1. The Morgan fingerprint density at radius 1 is 1.12 bits per heavy atom. The molecule has 0 aromatic heterocycles. The summed E-state index contributed by atoms with van der Waals surface area (Å²) in [6.07, 6.45) is 4.58. The maximum Gasteiger partial charge on any atom is 0.123 e. The van der Waals surface area contributed by atoms with Crippen LogP contribution in [0.3, 0.4) is 0 Å². The van der Waals surface area contributed by atoms with Crippen LogP contribution in [0.2, 0.25) is 0 Å². The van der Waals surface area contributed by atoms with Gasteiger partial charge in [0.2, 0.25) is 0 Å². The van der Waals surface area contributed by atoms with Gasteiger partial charge in [0, 0.05) is 19.8 Å². The minimum Gasteiger partial charge on any atom is -0.385 e. The summed E-state index contributed by atoms with van der Waals surface area (Å²) in [6.45, 7) is 0. The number of halogens is 1. The molecular weight excluding hydrogens is 301 g/mol. The third-order valence-electron chi connectivity index (χ3n) is 5.30. The van der Waals surface area contributed by atoms with Crippen molar-refractivity contribution in [1.82, 2.24) is 0 Å². The van der Waals surface area contributed by atoms with E-state index >= 15 is 0 Å². The Morgan fingerprint density at radius 3 is 2.67 bits per heavy atom. The van der Waals surface area contributed by atoms with Gasteiger partial charge < -0.3 is 10.0 Å². The van der Waals surface area contributed by atoms with Gasteiger partial charge in [0.15, 0.2) is 0 Å². The molecule has 2 aromatic rings. The number of nitrogens with zero attached hydrogens (tertiary/aromatic N) is 1. The second kappa shape index (κ2) is 6.94. The van der Waals surface area contributed by atoms with Gasteiger partial charge in [-0.3, -0.25) is 0 Å². The molecule has 0 aliphatic heterocycles. The summed E-state index contributed by atoms with van der Waals surface area (Å²) in [6, 6.07) is 14.8. The van der Waals surface area contributed by atoms with Crippen molar-refractivity contribution < 1.29 is 9.50 Å². The summed E-state index contributed by atoms with van der Waals surface area (Å²) in [4.78, 5) is 2.11. The van der Waals surface area contributed by atoms with Crippen LogP contribution in [0, 0.1) is 11.7 Å². The van der Waals surface area contributed by atoms with E-state index in [1.54, 1.807) is 6.07 Å². The molecule has 1 saturated carbocycles. The van der Waals surface area contributed by atoms with Crippen LogP contribution < -0.4 is 4.90 Å². The SMILES string of the molecule is CN(C)c1ccccc1CC1CCCCC1(O)c1cccc(F)c1. The number of hydrogen-bond donors (Lipinski definition) is 1. The summed E-state index contributed by atoms with van der Waals surface area (Å²) in [5.74, 6) is -0.173. The van der Waals surface area contributed by atoms with Gasteiger partial charge in [-0.2, -0.15) is 0 Å². The van der Waals surface area contributed by atoms with E-state index in [1.165, 1.54) is 23.4 Å². The first-order chi connectivity index (χ1) is 11.5. The molecule has 1 aliphatic rings. The van der Waals surface area contributed by atoms with Gasteiger partial charge in [-0.25, -0.2) is 4.39 Å². The Hall–Kier alpha value is -1.87. The maximum absolute atomic E-state index is 13.7. The van der Waals surface area contributed by atoms with Crippen LogP contribution in [0.25, 0.3) is 0 Å². The van der Waals surface area contributed by atoms with E-state index in [4.69, 9.17) is 0 Å². The van der Waals surface area contributed by atoms with E-state index < -0.39 is 5.60 Å². The molecule has 1 aliphatic carbocycles. The largest absolute Gasteiger partial charge is 0.385 e. The smallest absolute Gasteiger partial charge is 0.123 e. The standard InChI is InChI=1S/C21H26FNO/c1-23(2)20-12-4-3-8-16(20)14-17-9-5-6-13-21(17,24)18-10-7-11-19(22)15-18/h3-4,7-8,10-12,15,17,24H,5-6,9,13-14H2,1-2H3. The Bertz CT molecular complexity index is 700. The number of aliphatic hydroxyl groups is 1. The van der Waals surface area contributed by atoms with Crippen molar-refractivity contribution in [2.45, 2.75) is 37.7 Å². The molecule has 0 spiro atoms. The van der Waals surface area contributed by atoms with E-state index in [0.717, 1.165) is 31.2 Å². The highest BCUT2D eigenvalue weighted by Crippen LogP contribution is 2.44. The predicted octanol–water partition coefficient (Wildman–Crippen LogP) is 4.51. The van der Waals surface area contributed by atoms with Crippen molar-refractivity contribution in [2.75, 3.05) is 19.0 Å². The molecule has 3 rings (SSSR count). The van der Waals surface area contributed by atoms with E-state index in [9.17, 15) is 9.50 Å². The molecular formula is C21H26FNO. The monoisotopic (exact) mass is 327 g/mol.